The van der Waals surface area contributed by atoms with Crippen LogP contribution in [0.25, 0.3) is 0 Å². The van der Waals surface area contributed by atoms with Gasteiger partial charge < -0.3 is 9.84 Å². The van der Waals surface area contributed by atoms with E-state index in [0.29, 0.717) is 13.2 Å². The van der Waals surface area contributed by atoms with E-state index in [1.165, 1.54) is 5.38 Å². The summed E-state index contributed by atoms with van der Waals surface area (Å²) in [6.07, 6.45) is 1.97. The lowest BCUT2D eigenvalue weighted by molar-refractivity contribution is 0.0702. The molecule has 0 aromatic carbocycles. The Morgan fingerprint density at radius 1 is 1.47 bits per heavy atom. The number of nitrogens with one attached hydrogen (secondary N) is 1. The lowest BCUT2D eigenvalue weighted by Gasteiger charge is -2.05. The Bertz CT molecular complexity index is 509. The SMILES string of the molecule is CCCCOCCNS(=O)(=O)c1csc(C(=O)O)c1. The van der Waals surface area contributed by atoms with E-state index in [2.05, 4.69) is 4.72 Å². The van der Waals surface area contributed by atoms with Gasteiger partial charge >= 0.3 is 5.97 Å². The van der Waals surface area contributed by atoms with Crippen LogP contribution in [0.4, 0.5) is 0 Å². The average molecular weight is 307 g/mol. The molecule has 6 nitrogen and oxygen atoms in total. The van der Waals surface area contributed by atoms with Crippen LogP contribution in [-0.2, 0) is 14.8 Å². The van der Waals surface area contributed by atoms with Gasteiger partial charge in [-0.1, -0.05) is 13.3 Å². The fourth-order valence-corrected chi connectivity index (χ4v) is 3.38. The monoisotopic (exact) mass is 307 g/mol. The van der Waals surface area contributed by atoms with Gasteiger partial charge in [-0.25, -0.2) is 17.9 Å². The molecule has 0 aliphatic carbocycles. The van der Waals surface area contributed by atoms with Gasteiger partial charge in [-0.3, -0.25) is 0 Å². The molecule has 108 valence electrons. The third kappa shape index (κ3) is 5.27. The predicted octanol–water partition coefficient (Wildman–Crippen LogP) is 1.54. The van der Waals surface area contributed by atoms with Crippen molar-refractivity contribution in [1.29, 1.82) is 0 Å². The maximum atomic E-state index is 11.8. The minimum absolute atomic E-state index is 0.000397. The molecule has 0 saturated heterocycles. The number of hydrogen-bond acceptors (Lipinski definition) is 5. The highest BCUT2D eigenvalue weighted by Gasteiger charge is 2.17. The van der Waals surface area contributed by atoms with E-state index in [-0.39, 0.29) is 16.3 Å². The van der Waals surface area contributed by atoms with Crippen molar-refractivity contribution in [3.8, 4) is 0 Å². The second kappa shape index (κ2) is 7.59. The molecule has 1 aromatic heterocycles. The number of aromatic carboxylic acids is 1. The highest BCUT2D eigenvalue weighted by molar-refractivity contribution is 7.89. The Labute approximate surface area is 116 Å². The van der Waals surface area contributed by atoms with Gasteiger partial charge in [0.25, 0.3) is 0 Å². The Balaban J connectivity index is 2.44. The van der Waals surface area contributed by atoms with Gasteiger partial charge in [0.15, 0.2) is 0 Å². The summed E-state index contributed by atoms with van der Waals surface area (Å²) in [5, 5.41) is 10.0. The molecule has 0 fully saturated rings. The number of hydrogen-bond donors (Lipinski definition) is 2. The average Bonchev–Trinajstić information content (AvgIpc) is 2.84. The van der Waals surface area contributed by atoms with Gasteiger partial charge in [-0.05, 0) is 12.5 Å². The fraction of sp³-hybridized carbons (Fsp3) is 0.545. The molecule has 0 spiro atoms. The topological polar surface area (TPSA) is 92.7 Å². The summed E-state index contributed by atoms with van der Waals surface area (Å²) in [6.45, 7) is 3.13. The van der Waals surface area contributed by atoms with E-state index >= 15 is 0 Å². The largest absolute Gasteiger partial charge is 0.477 e. The van der Waals surface area contributed by atoms with E-state index < -0.39 is 16.0 Å². The summed E-state index contributed by atoms with van der Waals surface area (Å²) < 4.78 is 31.2. The van der Waals surface area contributed by atoms with Gasteiger partial charge in [0.2, 0.25) is 10.0 Å². The van der Waals surface area contributed by atoms with Crippen molar-refractivity contribution in [1.82, 2.24) is 4.72 Å². The van der Waals surface area contributed by atoms with Crippen LogP contribution in [0.2, 0.25) is 0 Å². The predicted molar refractivity (Wildman–Crippen MR) is 72.2 cm³/mol. The van der Waals surface area contributed by atoms with Gasteiger partial charge in [-0.15, -0.1) is 11.3 Å². The normalized spacial score (nSPS) is 11.6. The summed E-state index contributed by atoms with van der Waals surface area (Å²) in [4.78, 5) is 10.7. The fourth-order valence-electron chi connectivity index (χ4n) is 1.25. The first-order valence-corrected chi connectivity index (χ1v) is 8.23. The van der Waals surface area contributed by atoms with Crippen molar-refractivity contribution in [2.75, 3.05) is 19.8 Å². The maximum absolute atomic E-state index is 11.8. The number of ether oxygens (including phenoxy) is 1. The van der Waals surface area contributed by atoms with Crippen LogP contribution in [0.15, 0.2) is 16.3 Å². The van der Waals surface area contributed by atoms with Crippen molar-refractivity contribution in [3.63, 3.8) is 0 Å². The summed E-state index contributed by atoms with van der Waals surface area (Å²) >= 11 is 0.885. The minimum atomic E-state index is -3.65. The Hall–Kier alpha value is -0.960. The van der Waals surface area contributed by atoms with Crippen molar-refractivity contribution in [2.45, 2.75) is 24.7 Å². The highest BCUT2D eigenvalue weighted by Crippen LogP contribution is 2.18. The van der Waals surface area contributed by atoms with E-state index in [0.717, 1.165) is 30.2 Å². The van der Waals surface area contributed by atoms with Crippen molar-refractivity contribution >= 4 is 27.3 Å². The molecule has 1 rings (SSSR count). The zero-order valence-corrected chi connectivity index (χ0v) is 12.2. The molecule has 0 radical (unpaired) electrons. The number of carboxylic acid groups (broad SMARTS) is 1. The van der Waals surface area contributed by atoms with Crippen LogP contribution >= 0.6 is 11.3 Å². The summed E-state index contributed by atoms with van der Waals surface area (Å²) in [5.74, 6) is -1.13. The number of sulfonamides is 1. The Kier molecular flexibility index (Phi) is 6.43. The van der Waals surface area contributed by atoms with Crippen LogP contribution in [0.5, 0.6) is 0 Å². The van der Waals surface area contributed by atoms with E-state index in [1.54, 1.807) is 0 Å². The van der Waals surface area contributed by atoms with Gasteiger partial charge in [-0.2, -0.15) is 0 Å². The van der Waals surface area contributed by atoms with Crippen molar-refractivity contribution < 1.29 is 23.1 Å². The molecule has 0 bridgehead atoms. The summed E-state index contributed by atoms with van der Waals surface area (Å²) in [7, 11) is -3.65. The maximum Gasteiger partial charge on any atom is 0.345 e. The molecule has 8 heteroatoms. The molecular weight excluding hydrogens is 290 g/mol. The lowest BCUT2D eigenvalue weighted by atomic mass is 10.4. The second-order valence-corrected chi connectivity index (χ2v) is 6.49. The first-order chi connectivity index (χ1) is 8.97. The number of carbonyl (C=O) groups is 1. The second-order valence-electron chi connectivity index (χ2n) is 3.82. The summed E-state index contributed by atoms with van der Waals surface area (Å²) in [6, 6.07) is 1.15. The standard InChI is InChI=1S/C11H17NO5S2/c1-2-3-5-17-6-4-12-19(15,16)9-7-10(11(13)14)18-8-9/h7-8,12H,2-6H2,1H3,(H,13,14). The smallest absolute Gasteiger partial charge is 0.345 e. The molecule has 2 N–H and O–H groups in total. The third-order valence-electron chi connectivity index (χ3n) is 2.28. The molecule has 0 atom stereocenters. The minimum Gasteiger partial charge on any atom is -0.477 e. The summed E-state index contributed by atoms with van der Waals surface area (Å²) in [5.41, 5.74) is 0. The number of carboxylic acids is 1. The first kappa shape index (κ1) is 16.1. The number of rotatable bonds is 9. The number of unbranched alkanes of at least 4 members (excludes halogenated alkanes) is 1. The molecule has 0 amide bonds. The van der Waals surface area contributed by atoms with Crippen molar-refractivity contribution in [3.05, 3.63) is 16.3 Å². The molecule has 19 heavy (non-hydrogen) atoms. The molecule has 0 aliphatic heterocycles. The zero-order valence-electron chi connectivity index (χ0n) is 10.6. The first-order valence-electron chi connectivity index (χ1n) is 5.86. The van der Waals surface area contributed by atoms with Gasteiger partial charge in [0, 0.05) is 18.5 Å². The van der Waals surface area contributed by atoms with E-state index in [9.17, 15) is 13.2 Å². The third-order valence-corrected chi connectivity index (χ3v) is 4.79. The van der Waals surface area contributed by atoms with Crippen LogP contribution in [0.1, 0.15) is 29.4 Å². The quantitative estimate of drug-likeness (QED) is 0.675. The van der Waals surface area contributed by atoms with E-state index in [4.69, 9.17) is 9.84 Å². The molecule has 1 aromatic rings. The highest BCUT2D eigenvalue weighted by atomic mass is 32.2. The van der Waals surface area contributed by atoms with Crippen LogP contribution in [-0.4, -0.2) is 39.3 Å². The van der Waals surface area contributed by atoms with Gasteiger partial charge in [0.1, 0.15) is 4.88 Å². The molecule has 0 aliphatic rings. The molecule has 1 heterocycles. The van der Waals surface area contributed by atoms with Crippen LogP contribution in [0, 0.1) is 0 Å². The Morgan fingerprint density at radius 2 is 2.21 bits per heavy atom. The molecular formula is C11H17NO5S2. The van der Waals surface area contributed by atoms with E-state index in [1.807, 2.05) is 6.92 Å². The number of thiophene rings is 1. The molecule has 0 saturated carbocycles. The van der Waals surface area contributed by atoms with Crippen LogP contribution in [0.3, 0.4) is 0 Å². The lowest BCUT2D eigenvalue weighted by Crippen LogP contribution is -2.27. The van der Waals surface area contributed by atoms with Crippen LogP contribution < -0.4 is 4.72 Å². The Morgan fingerprint density at radius 3 is 2.79 bits per heavy atom. The van der Waals surface area contributed by atoms with Crippen molar-refractivity contribution in [2.24, 2.45) is 0 Å². The zero-order chi connectivity index (χ0) is 14.3. The molecule has 0 unspecified atom stereocenters. The van der Waals surface area contributed by atoms with Gasteiger partial charge in [0.05, 0.1) is 11.5 Å².